The number of rotatable bonds is 7. The molecule has 0 aliphatic carbocycles. The predicted molar refractivity (Wildman–Crippen MR) is 115 cm³/mol. The molecule has 4 rings (SSSR count). The highest BCUT2D eigenvalue weighted by molar-refractivity contribution is 7.21. The van der Waals surface area contributed by atoms with E-state index in [9.17, 15) is 18.0 Å². The summed E-state index contributed by atoms with van der Waals surface area (Å²) in [5.41, 5.74) is 0.523. The van der Waals surface area contributed by atoms with E-state index >= 15 is 0 Å². The lowest BCUT2D eigenvalue weighted by Gasteiger charge is -2.32. The van der Waals surface area contributed by atoms with Crippen LogP contribution in [-0.2, 0) is 6.61 Å². The molecule has 0 radical (unpaired) electrons. The van der Waals surface area contributed by atoms with E-state index in [0.29, 0.717) is 52.2 Å². The Hall–Kier alpha value is -2.58. The van der Waals surface area contributed by atoms with Crippen molar-refractivity contribution < 1.29 is 22.7 Å². The van der Waals surface area contributed by atoms with Crippen molar-refractivity contribution in [2.24, 2.45) is 0 Å². The smallest absolute Gasteiger partial charge is 0.262 e. The average Bonchev–Trinajstić information content (AvgIpc) is 3.14. The van der Waals surface area contributed by atoms with Crippen LogP contribution in [0.4, 0.5) is 13.2 Å². The quantitative estimate of drug-likeness (QED) is 0.548. The largest absolute Gasteiger partial charge is 0.489 e. The molecule has 2 aromatic carbocycles. The average molecular weight is 449 g/mol. The Kier molecular flexibility index (Phi) is 6.77. The minimum Gasteiger partial charge on any atom is -0.489 e. The van der Waals surface area contributed by atoms with Crippen LogP contribution in [0.2, 0.25) is 0 Å². The third kappa shape index (κ3) is 5.19. The Bertz CT molecular complexity index is 1030. The maximum atomic E-state index is 14.6. The van der Waals surface area contributed by atoms with Crippen molar-refractivity contribution >= 4 is 27.3 Å². The first-order valence-corrected chi connectivity index (χ1v) is 11.0. The van der Waals surface area contributed by atoms with Crippen LogP contribution in [0.15, 0.2) is 48.5 Å². The van der Waals surface area contributed by atoms with Crippen molar-refractivity contribution in [2.75, 3.05) is 19.6 Å². The number of amides is 1. The van der Waals surface area contributed by atoms with Gasteiger partial charge in [0.2, 0.25) is 0 Å². The van der Waals surface area contributed by atoms with Crippen LogP contribution >= 0.6 is 11.3 Å². The first kappa shape index (κ1) is 21.6. The number of fused-ring (bicyclic) bond motifs is 1. The van der Waals surface area contributed by atoms with Crippen LogP contribution in [0, 0.1) is 5.82 Å². The van der Waals surface area contributed by atoms with Gasteiger partial charge in [0.15, 0.2) is 0 Å². The molecular weight excluding hydrogens is 425 g/mol. The molecule has 0 unspecified atom stereocenters. The molecule has 164 valence electrons. The molecule has 0 saturated carbocycles. The second-order valence-corrected chi connectivity index (χ2v) is 8.62. The topological polar surface area (TPSA) is 41.6 Å². The van der Waals surface area contributed by atoms with Gasteiger partial charge in [-0.25, -0.2) is 13.2 Å². The van der Waals surface area contributed by atoms with Gasteiger partial charge in [-0.3, -0.25) is 9.69 Å². The third-order valence-corrected chi connectivity index (χ3v) is 6.61. The maximum absolute atomic E-state index is 14.6. The Morgan fingerprint density at radius 3 is 2.58 bits per heavy atom. The van der Waals surface area contributed by atoms with Crippen molar-refractivity contribution in [3.05, 3.63) is 64.8 Å². The number of nitrogens with zero attached hydrogens (tertiary/aromatic N) is 1. The van der Waals surface area contributed by atoms with E-state index in [0.717, 1.165) is 0 Å². The van der Waals surface area contributed by atoms with Crippen molar-refractivity contribution in [1.82, 2.24) is 10.2 Å². The van der Waals surface area contributed by atoms with E-state index in [1.807, 2.05) is 18.2 Å². The SMILES string of the molecule is O=C(NC1CCN(CC(F)F)CC1)c1sc2cccc(F)c2c1COc1ccccc1. The molecule has 0 bridgehead atoms. The van der Waals surface area contributed by atoms with Crippen LogP contribution in [0.3, 0.4) is 0 Å². The van der Waals surface area contributed by atoms with E-state index in [-0.39, 0.29) is 30.9 Å². The van der Waals surface area contributed by atoms with Crippen LogP contribution in [-0.4, -0.2) is 42.9 Å². The molecule has 1 N–H and O–H groups in total. The molecule has 1 saturated heterocycles. The van der Waals surface area contributed by atoms with E-state index in [4.69, 9.17) is 4.74 Å². The number of likely N-dealkylation sites (tertiary alicyclic amines) is 1. The van der Waals surface area contributed by atoms with Gasteiger partial charge in [0.25, 0.3) is 12.3 Å². The zero-order valence-electron chi connectivity index (χ0n) is 16.8. The number of carbonyl (C=O) groups excluding carboxylic acids is 1. The first-order valence-electron chi connectivity index (χ1n) is 10.2. The standard InChI is InChI=1S/C23H23F3N2O2S/c24-18-7-4-8-19-21(18)17(14-30-16-5-2-1-3-6-16)22(31-19)23(29)27-15-9-11-28(12-10-15)13-20(25)26/h1-8,15,20H,9-14H2,(H,27,29). The van der Waals surface area contributed by atoms with Gasteiger partial charge in [-0.1, -0.05) is 24.3 Å². The number of carbonyl (C=O) groups is 1. The lowest BCUT2D eigenvalue weighted by atomic mass is 10.0. The molecule has 1 fully saturated rings. The van der Waals surface area contributed by atoms with Crippen LogP contribution in [0.1, 0.15) is 28.1 Å². The fraction of sp³-hybridized carbons (Fsp3) is 0.348. The second-order valence-electron chi connectivity index (χ2n) is 7.56. The highest BCUT2D eigenvalue weighted by Gasteiger charge is 2.26. The Morgan fingerprint density at radius 1 is 1.13 bits per heavy atom. The van der Waals surface area contributed by atoms with Crippen LogP contribution < -0.4 is 10.1 Å². The fourth-order valence-electron chi connectivity index (χ4n) is 3.87. The molecule has 1 aromatic heterocycles. The summed E-state index contributed by atoms with van der Waals surface area (Å²) in [5.74, 6) is -0.0321. The number of halogens is 3. The number of benzene rings is 2. The summed E-state index contributed by atoms with van der Waals surface area (Å²) in [6, 6.07) is 13.9. The summed E-state index contributed by atoms with van der Waals surface area (Å²) < 4.78 is 46.3. The molecule has 4 nitrogen and oxygen atoms in total. The van der Waals surface area contributed by atoms with E-state index in [2.05, 4.69) is 5.32 Å². The molecule has 0 atom stereocenters. The van der Waals surface area contributed by atoms with Crippen LogP contribution in [0.5, 0.6) is 5.75 Å². The van der Waals surface area contributed by atoms with Gasteiger partial charge < -0.3 is 10.1 Å². The van der Waals surface area contributed by atoms with Crippen molar-refractivity contribution in [2.45, 2.75) is 31.9 Å². The predicted octanol–water partition coefficient (Wildman–Crippen LogP) is 5.08. The van der Waals surface area contributed by atoms with Gasteiger partial charge in [-0.05, 0) is 37.1 Å². The van der Waals surface area contributed by atoms with Crippen molar-refractivity contribution in [3.8, 4) is 5.75 Å². The Labute approximate surface area is 182 Å². The van der Waals surface area contributed by atoms with Gasteiger partial charge in [0, 0.05) is 34.8 Å². The monoisotopic (exact) mass is 448 g/mol. The van der Waals surface area contributed by atoms with Crippen molar-refractivity contribution in [3.63, 3.8) is 0 Å². The van der Waals surface area contributed by atoms with E-state index in [1.165, 1.54) is 17.4 Å². The summed E-state index contributed by atoms with van der Waals surface area (Å²) in [6.45, 7) is 0.859. The fourth-order valence-corrected chi connectivity index (χ4v) is 4.99. The minimum atomic E-state index is -2.35. The van der Waals surface area contributed by atoms with Crippen molar-refractivity contribution in [1.29, 1.82) is 0 Å². The molecule has 1 aliphatic heterocycles. The molecule has 3 aromatic rings. The number of piperidine rings is 1. The van der Waals surface area contributed by atoms with E-state index < -0.39 is 6.43 Å². The summed E-state index contributed by atoms with van der Waals surface area (Å²) >= 11 is 1.24. The number of para-hydroxylation sites is 1. The summed E-state index contributed by atoms with van der Waals surface area (Å²) in [7, 11) is 0. The van der Waals surface area contributed by atoms with Gasteiger partial charge in [0.1, 0.15) is 18.2 Å². The summed E-state index contributed by atoms with van der Waals surface area (Å²) in [4.78, 5) is 15.2. The Morgan fingerprint density at radius 2 is 1.87 bits per heavy atom. The molecular formula is C23H23F3N2O2S. The third-order valence-electron chi connectivity index (χ3n) is 5.41. The zero-order chi connectivity index (χ0) is 21.8. The normalized spacial score (nSPS) is 15.5. The highest BCUT2D eigenvalue weighted by Crippen LogP contribution is 2.34. The van der Waals surface area contributed by atoms with Crippen LogP contribution in [0.25, 0.3) is 10.1 Å². The number of thiophene rings is 1. The number of alkyl halides is 2. The molecule has 1 aliphatic rings. The van der Waals surface area contributed by atoms with Gasteiger partial charge in [-0.2, -0.15) is 0 Å². The van der Waals surface area contributed by atoms with Gasteiger partial charge >= 0.3 is 0 Å². The zero-order valence-corrected chi connectivity index (χ0v) is 17.6. The molecule has 31 heavy (non-hydrogen) atoms. The number of nitrogens with one attached hydrogen (secondary N) is 1. The summed E-state index contributed by atoms with van der Waals surface area (Å²) in [5, 5.41) is 3.41. The lowest BCUT2D eigenvalue weighted by molar-refractivity contribution is 0.0697. The molecule has 1 amide bonds. The lowest BCUT2D eigenvalue weighted by Crippen LogP contribution is -2.45. The number of hydrogen-bond donors (Lipinski definition) is 1. The number of ether oxygens (including phenoxy) is 1. The Balaban J connectivity index is 1.51. The minimum absolute atomic E-state index is 0.0700. The number of hydrogen-bond acceptors (Lipinski definition) is 4. The first-order chi connectivity index (χ1) is 15.0. The van der Waals surface area contributed by atoms with Gasteiger partial charge in [0.05, 0.1) is 11.4 Å². The second kappa shape index (κ2) is 9.70. The summed E-state index contributed by atoms with van der Waals surface area (Å²) in [6.07, 6.45) is -1.15. The van der Waals surface area contributed by atoms with E-state index in [1.54, 1.807) is 29.2 Å². The maximum Gasteiger partial charge on any atom is 0.262 e. The molecule has 8 heteroatoms. The molecule has 2 heterocycles. The molecule has 0 spiro atoms. The highest BCUT2D eigenvalue weighted by atomic mass is 32.1. The van der Waals surface area contributed by atoms with Gasteiger partial charge in [-0.15, -0.1) is 11.3 Å².